The number of phenolic OH excluding ortho intramolecular Hbond substituents is 1. The summed E-state index contributed by atoms with van der Waals surface area (Å²) in [6, 6.07) is 15.7. The van der Waals surface area contributed by atoms with Gasteiger partial charge in [0.1, 0.15) is 11.5 Å². The highest BCUT2D eigenvalue weighted by Crippen LogP contribution is 2.26. The van der Waals surface area contributed by atoms with Gasteiger partial charge in [-0.25, -0.2) is 0 Å². The highest BCUT2D eigenvalue weighted by molar-refractivity contribution is 5.87. The van der Waals surface area contributed by atoms with E-state index in [0.717, 1.165) is 35.1 Å². The minimum atomic E-state index is 0.342. The predicted molar refractivity (Wildman–Crippen MR) is 79.7 cm³/mol. The Morgan fingerprint density at radius 3 is 2.75 bits per heavy atom. The largest absolute Gasteiger partial charge is 0.508 e. The number of phenols is 1. The van der Waals surface area contributed by atoms with Crippen LogP contribution >= 0.6 is 0 Å². The van der Waals surface area contributed by atoms with Crippen LogP contribution < -0.4 is 5.32 Å². The van der Waals surface area contributed by atoms with Crippen LogP contribution in [0.15, 0.2) is 59.2 Å². The standard InChI is InChI=1S/C17H17NO2/c19-17-8-7-13-4-1-2-6-15(13)16(17)12-18-10-9-14-5-3-11-20-14/h1-8,11,18-19H,9-10,12H2. The molecule has 3 heteroatoms. The average molecular weight is 267 g/mol. The fraction of sp³-hybridized carbons (Fsp3) is 0.176. The Labute approximate surface area is 117 Å². The van der Waals surface area contributed by atoms with E-state index in [1.54, 1.807) is 12.3 Å². The van der Waals surface area contributed by atoms with Gasteiger partial charge in [-0.3, -0.25) is 0 Å². The summed E-state index contributed by atoms with van der Waals surface area (Å²) < 4.78 is 5.29. The summed E-state index contributed by atoms with van der Waals surface area (Å²) >= 11 is 0. The summed E-state index contributed by atoms with van der Waals surface area (Å²) in [6.07, 6.45) is 2.53. The molecule has 0 radical (unpaired) electrons. The Morgan fingerprint density at radius 1 is 1.00 bits per heavy atom. The fourth-order valence-corrected chi connectivity index (χ4v) is 2.39. The van der Waals surface area contributed by atoms with Crippen LogP contribution in [0.4, 0.5) is 0 Å². The van der Waals surface area contributed by atoms with Gasteiger partial charge in [0.25, 0.3) is 0 Å². The van der Waals surface area contributed by atoms with Gasteiger partial charge in [0.2, 0.25) is 0 Å². The molecule has 1 aromatic heterocycles. The molecule has 0 amide bonds. The van der Waals surface area contributed by atoms with Crippen molar-refractivity contribution in [2.75, 3.05) is 6.54 Å². The van der Waals surface area contributed by atoms with E-state index >= 15 is 0 Å². The molecule has 0 saturated heterocycles. The molecule has 0 spiro atoms. The van der Waals surface area contributed by atoms with E-state index < -0.39 is 0 Å². The van der Waals surface area contributed by atoms with Gasteiger partial charge in [-0.1, -0.05) is 30.3 Å². The molecule has 1 heterocycles. The van der Waals surface area contributed by atoms with Crippen molar-refractivity contribution in [2.24, 2.45) is 0 Å². The van der Waals surface area contributed by atoms with Crippen molar-refractivity contribution in [3.05, 3.63) is 66.1 Å². The Morgan fingerprint density at radius 2 is 1.90 bits per heavy atom. The molecule has 102 valence electrons. The van der Waals surface area contributed by atoms with Crippen molar-refractivity contribution in [2.45, 2.75) is 13.0 Å². The summed E-state index contributed by atoms with van der Waals surface area (Å²) in [6.45, 7) is 1.46. The molecule has 3 aromatic rings. The van der Waals surface area contributed by atoms with Crippen LogP contribution in [-0.4, -0.2) is 11.7 Å². The number of hydrogen-bond donors (Lipinski definition) is 2. The molecule has 0 aliphatic heterocycles. The molecule has 3 rings (SSSR count). The SMILES string of the molecule is Oc1ccc2ccccc2c1CNCCc1ccco1. The van der Waals surface area contributed by atoms with Gasteiger partial charge in [0, 0.05) is 25.1 Å². The molecule has 0 aliphatic carbocycles. The number of fused-ring (bicyclic) bond motifs is 1. The smallest absolute Gasteiger partial charge is 0.120 e. The van der Waals surface area contributed by atoms with Crippen molar-refractivity contribution in [1.29, 1.82) is 0 Å². The van der Waals surface area contributed by atoms with E-state index in [1.807, 2.05) is 36.4 Å². The molecule has 2 aromatic carbocycles. The Balaban J connectivity index is 1.69. The van der Waals surface area contributed by atoms with E-state index in [-0.39, 0.29) is 0 Å². The zero-order valence-electron chi connectivity index (χ0n) is 11.2. The number of hydrogen-bond acceptors (Lipinski definition) is 3. The molecule has 3 nitrogen and oxygen atoms in total. The van der Waals surface area contributed by atoms with E-state index in [1.165, 1.54) is 0 Å². The summed E-state index contributed by atoms with van der Waals surface area (Å²) in [7, 11) is 0. The number of aromatic hydroxyl groups is 1. The van der Waals surface area contributed by atoms with Gasteiger partial charge < -0.3 is 14.8 Å². The molecule has 2 N–H and O–H groups in total. The lowest BCUT2D eigenvalue weighted by Crippen LogP contribution is -2.16. The molecular weight excluding hydrogens is 250 g/mol. The predicted octanol–water partition coefficient (Wildman–Crippen LogP) is 3.47. The zero-order chi connectivity index (χ0) is 13.8. The van der Waals surface area contributed by atoms with Crippen molar-refractivity contribution in [3.8, 4) is 5.75 Å². The minimum Gasteiger partial charge on any atom is -0.508 e. The minimum absolute atomic E-state index is 0.342. The first-order chi connectivity index (χ1) is 9.84. The first kappa shape index (κ1) is 12.8. The van der Waals surface area contributed by atoms with Gasteiger partial charge in [-0.05, 0) is 29.0 Å². The van der Waals surface area contributed by atoms with Crippen LogP contribution in [0.1, 0.15) is 11.3 Å². The van der Waals surface area contributed by atoms with Crippen molar-refractivity contribution >= 4 is 10.8 Å². The van der Waals surface area contributed by atoms with Gasteiger partial charge in [0.15, 0.2) is 0 Å². The maximum Gasteiger partial charge on any atom is 0.120 e. The fourth-order valence-electron chi connectivity index (χ4n) is 2.39. The third kappa shape index (κ3) is 2.68. The molecule has 0 fully saturated rings. The molecule has 0 aliphatic rings. The van der Waals surface area contributed by atoms with Gasteiger partial charge in [-0.2, -0.15) is 0 Å². The second-order valence-electron chi connectivity index (χ2n) is 4.79. The maximum absolute atomic E-state index is 10.0. The van der Waals surface area contributed by atoms with E-state index in [9.17, 15) is 5.11 Å². The van der Waals surface area contributed by atoms with Crippen molar-refractivity contribution in [3.63, 3.8) is 0 Å². The molecule has 0 saturated carbocycles. The lowest BCUT2D eigenvalue weighted by atomic mass is 10.0. The van der Waals surface area contributed by atoms with E-state index in [4.69, 9.17) is 4.42 Å². The second-order valence-corrected chi connectivity index (χ2v) is 4.79. The second kappa shape index (κ2) is 5.80. The summed E-state index contributed by atoms with van der Waals surface area (Å²) in [4.78, 5) is 0. The van der Waals surface area contributed by atoms with Crippen molar-refractivity contribution in [1.82, 2.24) is 5.32 Å². The maximum atomic E-state index is 10.0. The molecule has 0 bridgehead atoms. The van der Waals surface area contributed by atoms with Crippen LogP contribution in [0.25, 0.3) is 10.8 Å². The number of furan rings is 1. The van der Waals surface area contributed by atoms with Crippen LogP contribution in [0.3, 0.4) is 0 Å². The third-order valence-corrected chi connectivity index (χ3v) is 3.45. The van der Waals surface area contributed by atoms with Crippen LogP contribution in [0, 0.1) is 0 Å². The first-order valence-electron chi connectivity index (χ1n) is 6.77. The van der Waals surface area contributed by atoms with Crippen LogP contribution in [0.2, 0.25) is 0 Å². The monoisotopic (exact) mass is 267 g/mol. The van der Waals surface area contributed by atoms with Gasteiger partial charge in [-0.15, -0.1) is 0 Å². The Hall–Kier alpha value is -2.26. The van der Waals surface area contributed by atoms with E-state index in [0.29, 0.717) is 12.3 Å². The summed E-state index contributed by atoms with van der Waals surface area (Å²) in [5, 5.41) is 15.6. The molecule has 0 atom stereocenters. The summed E-state index contributed by atoms with van der Waals surface area (Å²) in [5.74, 6) is 1.31. The molecule has 20 heavy (non-hydrogen) atoms. The highest BCUT2D eigenvalue weighted by Gasteiger charge is 2.06. The third-order valence-electron chi connectivity index (χ3n) is 3.45. The van der Waals surface area contributed by atoms with Crippen LogP contribution in [0.5, 0.6) is 5.75 Å². The highest BCUT2D eigenvalue weighted by atomic mass is 16.3. The normalized spacial score (nSPS) is 11.0. The lowest BCUT2D eigenvalue weighted by molar-refractivity contribution is 0.464. The van der Waals surface area contributed by atoms with E-state index in [2.05, 4.69) is 11.4 Å². The number of nitrogens with one attached hydrogen (secondary N) is 1. The van der Waals surface area contributed by atoms with Crippen molar-refractivity contribution < 1.29 is 9.52 Å². The number of benzene rings is 2. The quantitative estimate of drug-likeness (QED) is 0.696. The lowest BCUT2D eigenvalue weighted by Gasteiger charge is -2.10. The Bertz CT molecular complexity index is 689. The Kier molecular flexibility index (Phi) is 3.70. The summed E-state index contributed by atoms with van der Waals surface area (Å²) in [5.41, 5.74) is 0.947. The average Bonchev–Trinajstić information content (AvgIpc) is 2.98. The van der Waals surface area contributed by atoms with Gasteiger partial charge >= 0.3 is 0 Å². The zero-order valence-corrected chi connectivity index (χ0v) is 11.2. The topological polar surface area (TPSA) is 45.4 Å². The van der Waals surface area contributed by atoms with Crippen LogP contribution in [-0.2, 0) is 13.0 Å². The first-order valence-corrected chi connectivity index (χ1v) is 6.77. The van der Waals surface area contributed by atoms with Gasteiger partial charge in [0.05, 0.1) is 6.26 Å². The molecule has 0 unspecified atom stereocenters. The molecular formula is C17H17NO2. The number of rotatable bonds is 5.